The highest BCUT2D eigenvalue weighted by molar-refractivity contribution is 6.31. The van der Waals surface area contributed by atoms with E-state index in [1.165, 1.54) is 6.42 Å². The molecule has 2 aliphatic rings. The molecule has 3 N–H and O–H groups in total. The number of hydrogen-bond acceptors (Lipinski definition) is 2. The van der Waals surface area contributed by atoms with Crippen molar-refractivity contribution in [3.05, 3.63) is 34.9 Å². The number of carbonyl (C=O) groups excluding carboxylic acids is 1. The van der Waals surface area contributed by atoms with E-state index in [9.17, 15) is 4.79 Å². The molecule has 0 radical (unpaired) electrons. The van der Waals surface area contributed by atoms with Crippen LogP contribution in [-0.4, -0.2) is 18.0 Å². The Morgan fingerprint density at radius 3 is 2.76 bits per heavy atom. The zero-order valence-electron chi connectivity index (χ0n) is 12.4. The van der Waals surface area contributed by atoms with Gasteiger partial charge in [0.2, 0.25) is 5.91 Å². The van der Waals surface area contributed by atoms with Crippen LogP contribution >= 0.6 is 11.6 Å². The third-order valence-corrected chi connectivity index (χ3v) is 5.52. The van der Waals surface area contributed by atoms with Crippen LogP contribution < -0.4 is 11.1 Å². The number of rotatable bonds is 4. The van der Waals surface area contributed by atoms with Crippen molar-refractivity contribution >= 4 is 17.5 Å². The first-order valence-corrected chi connectivity index (χ1v) is 8.23. The minimum Gasteiger partial charge on any atom is -0.353 e. The molecule has 5 atom stereocenters. The van der Waals surface area contributed by atoms with Gasteiger partial charge in [0.15, 0.2) is 0 Å². The van der Waals surface area contributed by atoms with E-state index in [0.717, 1.165) is 29.8 Å². The molecular weight excluding hydrogens is 284 g/mol. The van der Waals surface area contributed by atoms with Crippen molar-refractivity contribution in [2.24, 2.45) is 23.5 Å². The third kappa shape index (κ3) is 2.95. The number of amides is 1. The van der Waals surface area contributed by atoms with Crippen molar-refractivity contribution in [2.45, 2.75) is 44.7 Å². The Balaban J connectivity index is 1.59. The van der Waals surface area contributed by atoms with Crippen LogP contribution in [0.25, 0.3) is 0 Å². The van der Waals surface area contributed by atoms with Crippen LogP contribution in [0.1, 0.15) is 31.7 Å². The average molecular weight is 307 g/mol. The second kappa shape index (κ2) is 5.98. The molecule has 2 aliphatic carbocycles. The zero-order valence-corrected chi connectivity index (χ0v) is 13.1. The van der Waals surface area contributed by atoms with E-state index in [1.807, 2.05) is 31.2 Å². The van der Waals surface area contributed by atoms with Gasteiger partial charge in [-0.25, -0.2) is 0 Å². The summed E-state index contributed by atoms with van der Waals surface area (Å²) in [6.45, 7) is 2.03. The van der Waals surface area contributed by atoms with Gasteiger partial charge in [-0.1, -0.05) is 29.8 Å². The Labute approximate surface area is 131 Å². The third-order valence-electron chi connectivity index (χ3n) is 5.16. The fourth-order valence-electron chi connectivity index (χ4n) is 4.11. The molecule has 0 heterocycles. The van der Waals surface area contributed by atoms with Crippen molar-refractivity contribution in [2.75, 3.05) is 0 Å². The standard InChI is InChI=1S/C17H23ClN2O/c1-10(8-11-4-2-3-5-14(11)18)20-17(21)15-12-6-7-13(9-12)16(15)19/h2-5,10,12-13,15-16H,6-9,19H2,1H3,(H,20,21). The Morgan fingerprint density at radius 2 is 2.10 bits per heavy atom. The van der Waals surface area contributed by atoms with Gasteiger partial charge in [0, 0.05) is 17.1 Å². The fourth-order valence-corrected chi connectivity index (χ4v) is 4.32. The van der Waals surface area contributed by atoms with Gasteiger partial charge in [-0.05, 0) is 56.1 Å². The van der Waals surface area contributed by atoms with Gasteiger partial charge in [0.25, 0.3) is 0 Å². The van der Waals surface area contributed by atoms with Gasteiger partial charge in [-0.2, -0.15) is 0 Å². The molecule has 3 rings (SSSR count). The number of fused-ring (bicyclic) bond motifs is 2. The van der Waals surface area contributed by atoms with Crippen molar-refractivity contribution in [1.29, 1.82) is 0 Å². The van der Waals surface area contributed by atoms with Crippen LogP contribution in [0.5, 0.6) is 0 Å². The van der Waals surface area contributed by atoms with Gasteiger partial charge >= 0.3 is 0 Å². The molecule has 1 aromatic carbocycles. The molecule has 4 heteroatoms. The second-order valence-electron chi connectivity index (χ2n) is 6.64. The monoisotopic (exact) mass is 306 g/mol. The minimum atomic E-state index is 0.0115. The van der Waals surface area contributed by atoms with E-state index in [-0.39, 0.29) is 23.9 Å². The maximum atomic E-state index is 12.5. The summed E-state index contributed by atoms with van der Waals surface area (Å²) in [6, 6.07) is 7.91. The SMILES string of the molecule is CC(Cc1ccccc1Cl)NC(=O)C1C2CCC(C2)C1N. The molecule has 3 nitrogen and oxygen atoms in total. The van der Waals surface area contributed by atoms with Gasteiger partial charge in [0.05, 0.1) is 5.92 Å². The van der Waals surface area contributed by atoms with Crippen LogP contribution in [-0.2, 0) is 11.2 Å². The summed E-state index contributed by atoms with van der Waals surface area (Å²) >= 11 is 6.17. The Hall–Kier alpha value is -1.06. The molecule has 2 fully saturated rings. The zero-order chi connectivity index (χ0) is 15.0. The number of nitrogens with two attached hydrogens (primary N) is 1. The lowest BCUT2D eigenvalue weighted by molar-refractivity contribution is -0.127. The maximum absolute atomic E-state index is 12.5. The summed E-state index contributed by atoms with van der Waals surface area (Å²) in [7, 11) is 0. The van der Waals surface area contributed by atoms with Crippen LogP contribution in [0.2, 0.25) is 5.02 Å². The molecule has 0 saturated heterocycles. The van der Waals surface area contributed by atoms with Gasteiger partial charge in [-0.3, -0.25) is 4.79 Å². The van der Waals surface area contributed by atoms with Crippen LogP contribution in [0.3, 0.4) is 0 Å². The topological polar surface area (TPSA) is 55.1 Å². The largest absolute Gasteiger partial charge is 0.353 e. The van der Waals surface area contributed by atoms with Crippen molar-refractivity contribution in [1.82, 2.24) is 5.32 Å². The first kappa shape index (κ1) is 14.9. The fraction of sp³-hybridized carbons (Fsp3) is 0.588. The van der Waals surface area contributed by atoms with E-state index < -0.39 is 0 Å². The summed E-state index contributed by atoms with van der Waals surface area (Å²) < 4.78 is 0. The van der Waals surface area contributed by atoms with Crippen molar-refractivity contribution < 1.29 is 4.79 Å². The molecule has 2 saturated carbocycles. The highest BCUT2D eigenvalue weighted by atomic mass is 35.5. The van der Waals surface area contributed by atoms with Crippen LogP contribution in [0.15, 0.2) is 24.3 Å². The molecule has 114 valence electrons. The maximum Gasteiger partial charge on any atom is 0.225 e. The summed E-state index contributed by atoms with van der Waals surface area (Å²) in [5, 5.41) is 3.89. The van der Waals surface area contributed by atoms with E-state index in [0.29, 0.717) is 11.8 Å². The Morgan fingerprint density at radius 1 is 1.38 bits per heavy atom. The molecule has 1 amide bonds. The second-order valence-corrected chi connectivity index (χ2v) is 7.05. The van der Waals surface area contributed by atoms with Crippen molar-refractivity contribution in [3.8, 4) is 0 Å². The predicted octanol–water partition coefficient (Wildman–Crippen LogP) is 2.76. The first-order chi connectivity index (χ1) is 10.1. The summed E-state index contributed by atoms with van der Waals surface area (Å²) in [4.78, 5) is 12.5. The van der Waals surface area contributed by atoms with E-state index in [2.05, 4.69) is 5.32 Å². The Kier molecular flexibility index (Phi) is 4.23. The lowest BCUT2D eigenvalue weighted by atomic mass is 9.84. The molecule has 1 aromatic rings. The van der Waals surface area contributed by atoms with Crippen molar-refractivity contribution in [3.63, 3.8) is 0 Å². The lowest BCUT2D eigenvalue weighted by Crippen LogP contribution is -2.47. The normalized spacial score (nSPS) is 32.1. The van der Waals surface area contributed by atoms with Gasteiger partial charge in [0.1, 0.15) is 0 Å². The minimum absolute atomic E-state index is 0.0115. The lowest BCUT2D eigenvalue weighted by Gasteiger charge is -2.28. The van der Waals surface area contributed by atoms with Gasteiger partial charge in [-0.15, -0.1) is 0 Å². The number of hydrogen-bond donors (Lipinski definition) is 2. The number of halogens is 1. The van der Waals surface area contributed by atoms with Crippen LogP contribution in [0.4, 0.5) is 0 Å². The van der Waals surface area contributed by atoms with E-state index in [4.69, 9.17) is 17.3 Å². The number of carbonyl (C=O) groups is 1. The smallest absolute Gasteiger partial charge is 0.225 e. The summed E-state index contributed by atoms with van der Waals surface area (Å²) in [6.07, 6.45) is 4.25. The first-order valence-electron chi connectivity index (χ1n) is 7.85. The Bertz CT molecular complexity index is 531. The van der Waals surface area contributed by atoms with E-state index >= 15 is 0 Å². The molecular formula is C17H23ClN2O. The molecule has 2 bridgehead atoms. The predicted molar refractivity (Wildman–Crippen MR) is 85.1 cm³/mol. The molecule has 0 aliphatic heterocycles. The average Bonchev–Trinajstić information content (AvgIpc) is 3.01. The summed E-state index contributed by atoms with van der Waals surface area (Å²) in [5.74, 6) is 1.20. The van der Waals surface area contributed by atoms with E-state index in [1.54, 1.807) is 0 Å². The highest BCUT2D eigenvalue weighted by Crippen LogP contribution is 2.47. The molecule has 21 heavy (non-hydrogen) atoms. The molecule has 5 unspecified atom stereocenters. The number of nitrogens with one attached hydrogen (secondary N) is 1. The summed E-state index contributed by atoms with van der Waals surface area (Å²) in [5.41, 5.74) is 7.31. The molecule has 0 spiro atoms. The number of benzene rings is 1. The quantitative estimate of drug-likeness (QED) is 0.898. The van der Waals surface area contributed by atoms with Gasteiger partial charge < -0.3 is 11.1 Å². The highest BCUT2D eigenvalue weighted by Gasteiger charge is 2.49. The molecule has 0 aromatic heterocycles. The van der Waals surface area contributed by atoms with Crippen LogP contribution in [0, 0.1) is 17.8 Å².